The zero-order valence-electron chi connectivity index (χ0n) is 10.5. The van der Waals surface area contributed by atoms with Crippen LogP contribution in [-0.4, -0.2) is 28.8 Å². The summed E-state index contributed by atoms with van der Waals surface area (Å²) in [5.41, 5.74) is -3.04. The molecule has 1 heterocycles. The number of alkyl halides is 3. The quantitative estimate of drug-likeness (QED) is 0.498. The number of carbonyl (C=O) groups excluding carboxylic acids is 1. The summed E-state index contributed by atoms with van der Waals surface area (Å²) in [5, 5.41) is 10.8. The van der Waals surface area contributed by atoms with Crippen molar-refractivity contribution < 1.29 is 32.4 Å². The fraction of sp³-hybridized carbons (Fsp3) is 0.400. The van der Waals surface area contributed by atoms with Crippen LogP contribution in [0.5, 0.6) is 5.75 Å². The largest absolute Gasteiger partial charge is 0.573 e. The van der Waals surface area contributed by atoms with Crippen LogP contribution in [0.3, 0.4) is 0 Å². The van der Waals surface area contributed by atoms with Crippen molar-refractivity contribution in [2.45, 2.75) is 19.7 Å². The van der Waals surface area contributed by atoms with E-state index < -0.39 is 46.2 Å². The van der Waals surface area contributed by atoms with Crippen LogP contribution in [-0.2, 0) is 16.0 Å². The molecule has 0 aliphatic heterocycles. The van der Waals surface area contributed by atoms with Crippen molar-refractivity contribution in [2.24, 2.45) is 0 Å². The van der Waals surface area contributed by atoms with E-state index in [1.165, 1.54) is 6.92 Å². The molecule has 1 aromatic rings. The number of hydrogen-bond acceptors (Lipinski definition) is 6. The van der Waals surface area contributed by atoms with Crippen LogP contribution in [0.25, 0.3) is 0 Å². The maximum atomic E-state index is 12.3. The third kappa shape index (κ3) is 4.47. The van der Waals surface area contributed by atoms with E-state index in [1.807, 2.05) is 0 Å². The number of nitrogens with zero attached hydrogens (tertiary/aromatic N) is 1. The SMILES string of the molecule is CCOC(=O)Cc1c([N+](=O)[O-])c[nH]c(=O)c1OC(F)(F)F. The topological polar surface area (TPSA) is 112 Å². The number of aromatic nitrogens is 1. The molecule has 0 saturated carbocycles. The summed E-state index contributed by atoms with van der Waals surface area (Å²) in [7, 11) is 0. The highest BCUT2D eigenvalue weighted by molar-refractivity contribution is 5.75. The predicted octanol–water partition coefficient (Wildman–Crippen LogP) is 1.29. The normalized spacial score (nSPS) is 11.0. The number of esters is 1. The lowest BCUT2D eigenvalue weighted by molar-refractivity contribution is -0.386. The standard InChI is InChI=1S/C10H9F3N2O6/c1-2-20-7(16)3-5-6(15(18)19)4-14-9(17)8(5)21-10(11,12)13/h4H,2-3H2,1H3,(H,14,17). The number of ether oxygens (including phenoxy) is 2. The first-order valence-corrected chi connectivity index (χ1v) is 5.46. The van der Waals surface area contributed by atoms with Gasteiger partial charge >= 0.3 is 12.3 Å². The minimum atomic E-state index is -5.24. The molecule has 21 heavy (non-hydrogen) atoms. The summed E-state index contributed by atoms with van der Waals surface area (Å²) in [5.74, 6) is -2.39. The van der Waals surface area contributed by atoms with Gasteiger partial charge in [0.2, 0.25) is 5.75 Å². The second-order valence-electron chi connectivity index (χ2n) is 3.60. The Kier molecular flexibility index (Phi) is 4.89. The van der Waals surface area contributed by atoms with Gasteiger partial charge in [0.1, 0.15) is 0 Å². The van der Waals surface area contributed by atoms with E-state index in [4.69, 9.17) is 0 Å². The van der Waals surface area contributed by atoms with Gasteiger partial charge in [-0.05, 0) is 6.92 Å². The van der Waals surface area contributed by atoms with Gasteiger partial charge in [-0.15, -0.1) is 13.2 Å². The maximum absolute atomic E-state index is 12.3. The first-order valence-electron chi connectivity index (χ1n) is 5.46. The van der Waals surface area contributed by atoms with Crippen molar-refractivity contribution in [3.63, 3.8) is 0 Å². The highest BCUT2D eigenvalue weighted by Gasteiger charge is 2.36. The monoisotopic (exact) mass is 310 g/mol. The Morgan fingerprint density at radius 2 is 2.10 bits per heavy atom. The van der Waals surface area contributed by atoms with Gasteiger partial charge in [0, 0.05) is 0 Å². The Morgan fingerprint density at radius 3 is 2.57 bits per heavy atom. The molecule has 0 aliphatic carbocycles. The second kappa shape index (κ2) is 6.24. The van der Waals surface area contributed by atoms with Gasteiger partial charge in [-0.25, -0.2) is 0 Å². The summed E-state index contributed by atoms with van der Waals surface area (Å²) >= 11 is 0. The van der Waals surface area contributed by atoms with Crippen LogP contribution in [0.15, 0.2) is 11.0 Å². The van der Waals surface area contributed by atoms with E-state index in [9.17, 15) is 32.9 Å². The molecule has 11 heteroatoms. The van der Waals surface area contributed by atoms with E-state index in [0.29, 0.717) is 6.20 Å². The van der Waals surface area contributed by atoms with E-state index in [2.05, 4.69) is 9.47 Å². The Bertz CT molecular complexity index is 610. The predicted molar refractivity (Wildman–Crippen MR) is 60.7 cm³/mol. The fourth-order valence-corrected chi connectivity index (χ4v) is 1.45. The third-order valence-corrected chi connectivity index (χ3v) is 2.17. The van der Waals surface area contributed by atoms with Crippen molar-refractivity contribution in [3.05, 3.63) is 32.2 Å². The summed E-state index contributed by atoms with van der Waals surface area (Å²) in [6, 6.07) is 0. The zero-order valence-corrected chi connectivity index (χ0v) is 10.5. The molecule has 0 saturated heterocycles. The number of nitrogens with one attached hydrogen (secondary N) is 1. The molecule has 0 amide bonds. The molecule has 1 N–H and O–H groups in total. The number of pyridine rings is 1. The lowest BCUT2D eigenvalue weighted by Gasteiger charge is -2.12. The van der Waals surface area contributed by atoms with Gasteiger partial charge in [-0.3, -0.25) is 19.7 Å². The van der Waals surface area contributed by atoms with Gasteiger partial charge in [-0.2, -0.15) is 0 Å². The van der Waals surface area contributed by atoms with Crippen molar-refractivity contribution in [1.82, 2.24) is 4.98 Å². The van der Waals surface area contributed by atoms with Crippen LogP contribution in [0.4, 0.5) is 18.9 Å². The van der Waals surface area contributed by atoms with E-state index in [-0.39, 0.29) is 6.61 Å². The number of carbonyl (C=O) groups is 1. The Morgan fingerprint density at radius 1 is 1.48 bits per heavy atom. The number of rotatable bonds is 5. The maximum Gasteiger partial charge on any atom is 0.573 e. The number of halogens is 3. The molecule has 0 aromatic carbocycles. The van der Waals surface area contributed by atoms with E-state index in [0.717, 1.165) is 0 Å². The average molecular weight is 310 g/mol. The fourth-order valence-electron chi connectivity index (χ4n) is 1.45. The lowest BCUT2D eigenvalue weighted by Crippen LogP contribution is -2.25. The van der Waals surface area contributed by atoms with E-state index >= 15 is 0 Å². The van der Waals surface area contributed by atoms with Gasteiger partial charge in [0.05, 0.1) is 29.7 Å². The number of H-pyrrole nitrogens is 1. The number of hydrogen-bond donors (Lipinski definition) is 1. The van der Waals surface area contributed by atoms with Gasteiger partial charge in [-0.1, -0.05) is 0 Å². The smallest absolute Gasteiger partial charge is 0.466 e. The highest BCUT2D eigenvalue weighted by Crippen LogP contribution is 2.29. The van der Waals surface area contributed by atoms with Crippen molar-refractivity contribution in [1.29, 1.82) is 0 Å². The van der Waals surface area contributed by atoms with Crippen LogP contribution < -0.4 is 10.3 Å². The van der Waals surface area contributed by atoms with Crippen molar-refractivity contribution in [2.75, 3.05) is 6.61 Å². The Hall–Kier alpha value is -2.59. The molecular formula is C10H9F3N2O6. The summed E-state index contributed by atoms with van der Waals surface area (Å²) in [6.07, 6.45) is -5.56. The third-order valence-electron chi connectivity index (χ3n) is 2.17. The van der Waals surface area contributed by atoms with Crippen molar-refractivity contribution >= 4 is 11.7 Å². The van der Waals surface area contributed by atoms with Gasteiger partial charge in [0.15, 0.2) is 0 Å². The molecule has 8 nitrogen and oxygen atoms in total. The summed E-state index contributed by atoms with van der Waals surface area (Å²) in [4.78, 5) is 34.2. The van der Waals surface area contributed by atoms with Gasteiger partial charge in [0.25, 0.3) is 11.2 Å². The molecule has 0 atom stereocenters. The lowest BCUT2D eigenvalue weighted by atomic mass is 10.1. The van der Waals surface area contributed by atoms with Crippen LogP contribution in [0, 0.1) is 10.1 Å². The minimum absolute atomic E-state index is 0.0781. The molecule has 0 unspecified atom stereocenters. The molecule has 0 fully saturated rings. The first kappa shape index (κ1) is 16.5. The molecular weight excluding hydrogens is 301 g/mol. The molecule has 0 aliphatic rings. The molecule has 1 rings (SSSR count). The van der Waals surface area contributed by atoms with Crippen LogP contribution in [0.2, 0.25) is 0 Å². The number of aromatic amines is 1. The van der Waals surface area contributed by atoms with Crippen LogP contribution in [0.1, 0.15) is 12.5 Å². The highest BCUT2D eigenvalue weighted by atomic mass is 19.4. The molecule has 0 spiro atoms. The first-order chi connectivity index (χ1) is 9.65. The zero-order chi connectivity index (χ0) is 16.2. The molecule has 1 aromatic heterocycles. The molecule has 0 bridgehead atoms. The van der Waals surface area contributed by atoms with Gasteiger partial charge < -0.3 is 14.5 Å². The summed E-state index contributed by atoms with van der Waals surface area (Å²) in [6.45, 7) is 1.36. The second-order valence-corrected chi connectivity index (χ2v) is 3.60. The average Bonchev–Trinajstić information content (AvgIpc) is 2.32. The molecule has 0 radical (unpaired) electrons. The van der Waals surface area contributed by atoms with Crippen molar-refractivity contribution in [3.8, 4) is 5.75 Å². The molecule has 116 valence electrons. The Balaban J connectivity index is 3.38. The van der Waals surface area contributed by atoms with E-state index in [1.54, 1.807) is 4.98 Å². The number of nitro groups is 1. The van der Waals surface area contributed by atoms with Crippen LogP contribution >= 0.6 is 0 Å². The Labute approximate surface area is 114 Å². The summed E-state index contributed by atoms with van der Waals surface area (Å²) < 4.78 is 44.7. The minimum Gasteiger partial charge on any atom is -0.466 e.